The largest absolute Gasteiger partial charge is 0.334 e. The quantitative estimate of drug-likeness (QED) is 0.814. The number of nitrogens with zero attached hydrogens (tertiary/aromatic N) is 1. The maximum absolute atomic E-state index is 11.9. The molecule has 0 fully saturated rings. The Morgan fingerprint density at radius 3 is 2.52 bits per heavy atom. The van der Waals surface area contributed by atoms with E-state index in [1.807, 2.05) is 5.38 Å². The number of thiazole rings is 1. The summed E-state index contributed by atoms with van der Waals surface area (Å²) in [7, 11) is 0. The summed E-state index contributed by atoms with van der Waals surface area (Å²) in [6.45, 7) is 7.09. The summed E-state index contributed by atoms with van der Waals surface area (Å²) >= 11 is 13.5. The van der Waals surface area contributed by atoms with E-state index in [1.54, 1.807) is 29.5 Å². The van der Waals surface area contributed by atoms with Gasteiger partial charge in [-0.25, -0.2) is 9.78 Å². The molecule has 0 aliphatic heterocycles. The van der Waals surface area contributed by atoms with Crippen LogP contribution in [0.1, 0.15) is 37.0 Å². The summed E-state index contributed by atoms with van der Waals surface area (Å²) in [5, 5.41) is 9.69. The van der Waals surface area contributed by atoms with E-state index in [1.165, 1.54) is 0 Å². The SMILES string of the molecule is CC(C)(C)c1nc(CNC(=O)NCc2ccc(Cl)cc2Cl)cs1. The highest BCUT2D eigenvalue weighted by Crippen LogP contribution is 2.25. The first-order valence-electron chi connectivity index (χ1n) is 7.16. The van der Waals surface area contributed by atoms with Gasteiger partial charge in [0.15, 0.2) is 0 Å². The Morgan fingerprint density at radius 1 is 1.22 bits per heavy atom. The van der Waals surface area contributed by atoms with Crippen molar-refractivity contribution in [1.29, 1.82) is 0 Å². The average molecular weight is 372 g/mol. The van der Waals surface area contributed by atoms with Gasteiger partial charge in [-0.15, -0.1) is 11.3 Å². The molecule has 1 heterocycles. The van der Waals surface area contributed by atoms with Crippen LogP contribution in [0.2, 0.25) is 10.0 Å². The van der Waals surface area contributed by atoms with Crippen LogP contribution < -0.4 is 10.6 Å². The van der Waals surface area contributed by atoms with Crippen LogP contribution in [0, 0.1) is 0 Å². The summed E-state index contributed by atoms with van der Waals surface area (Å²) in [5.74, 6) is 0. The van der Waals surface area contributed by atoms with Crippen LogP contribution in [0.4, 0.5) is 4.79 Å². The third-order valence-corrected chi connectivity index (χ3v) is 4.98. The van der Waals surface area contributed by atoms with Crippen molar-refractivity contribution in [3.8, 4) is 0 Å². The molecule has 0 aliphatic carbocycles. The van der Waals surface area contributed by atoms with Gasteiger partial charge in [0.05, 0.1) is 17.2 Å². The number of halogens is 2. The normalized spacial score (nSPS) is 11.3. The molecule has 0 aliphatic rings. The van der Waals surface area contributed by atoms with Crippen molar-refractivity contribution in [2.24, 2.45) is 0 Å². The second-order valence-electron chi connectivity index (χ2n) is 6.17. The number of aromatic nitrogens is 1. The van der Waals surface area contributed by atoms with Crippen LogP contribution in [0.5, 0.6) is 0 Å². The second kappa shape index (κ2) is 7.51. The van der Waals surface area contributed by atoms with E-state index in [4.69, 9.17) is 23.2 Å². The van der Waals surface area contributed by atoms with Gasteiger partial charge in [0.25, 0.3) is 0 Å². The van der Waals surface area contributed by atoms with Crippen LogP contribution in [0.25, 0.3) is 0 Å². The lowest BCUT2D eigenvalue weighted by atomic mass is 9.98. The zero-order valence-corrected chi connectivity index (χ0v) is 15.6. The van der Waals surface area contributed by atoms with Gasteiger partial charge in [0.1, 0.15) is 0 Å². The summed E-state index contributed by atoms with van der Waals surface area (Å²) < 4.78 is 0. The van der Waals surface area contributed by atoms with Crippen LogP contribution in [0.15, 0.2) is 23.6 Å². The Balaban J connectivity index is 1.82. The molecule has 2 rings (SSSR count). The zero-order chi connectivity index (χ0) is 17.0. The van der Waals surface area contributed by atoms with Crippen molar-refractivity contribution < 1.29 is 4.79 Å². The molecule has 1 aromatic carbocycles. The molecule has 2 aromatic rings. The Morgan fingerprint density at radius 2 is 1.91 bits per heavy atom. The third kappa shape index (κ3) is 5.37. The summed E-state index contributed by atoms with van der Waals surface area (Å²) in [6, 6.07) is 4.93. The van der Waals surface area contributed by atoms with Crippen molar-refractivity contribution >= 4 is 40.6 Å². The fourth-order valence-electron chi connectivity index (χ4n) is 1.81. The molecule has 2 amide bonds. The highest BCUT2D eigenvalue weighted by molar-refractivity contribution is 7.09. The van der Waals surface area contributed by atoms with Crippen molar-refractivity contribution in [3.63, 3.8) is 0 Å². The van der Waals surface area contributed by atoms with Crippen molar-refractivity contribution in [3.05, 3.63) is 49.9 Å². The zero-order valence-electron chi connectivity index (χ0n) is 13.2. The molecule has 0 radical (unpaired) electrons. The molecule has 0 spiro atoms. The predicted octanol–water partition coefficient (Wildman–Crippen LogP) is 4.75. The number of nitrogens with one attached hydrogen (secondary N) is 2. The van der Waals surface area contributed by atoms with Crippen molar-refractivity contribution in [1.82, 2.24) is 15.6 Å². The molecule has 23 heavy (non-hydrogen) atoms. The van der Waals surface area contributed by atoms with Crippen LogP contribution in [-0.4, -0.2) is 11.0 Å². The summed E-state index contributed by atoms with van der Waals surface area (Å²) in [5.41, 5.74) is 1.70. The molecular weight excluding hydrogens is 353 g/mol. The topological polar surface area (TPSA) is 54.0 Å². The molecule has 7 heteroatoms. The van der Waals surface area contributed by atoms with Gasteiger partial charge in [-0.3, -0.25) is 0 Å². The Hall–Kier alpha value is -1.30. The minimum absolute atomic E-state index is 0.0243. The van der Waals surface area contributed by atoms with E-state index in [2.05, 4.69) is 36.4 Å². The first-order valence-corrected chi connectivity index (χ1v) is 8.80. The maximum atomic E-state index is 11.9. The molecule has 124 valence electrons. The highest BCUT2D eigenvalue weighted by atomic mass is 35.5. The van der Waals surface area contributed by atoms with Gasteiger partial charge in [0.2, 0.25) is 0 Å². The molecule has 0 unspecified atom stereocenters. The standard InChI is InChI=1S/C16H19Cl2N3OS/c1-16(2,3)14-21-12(9-23-14)8-20-15(22)19-7-10-4-5-11(17)6-13(10)18/h4-6,9H,7-8H2,1-3H3,(H2,19,20,22). The van der Waals surface area contributed by atoms with Gasteiger partial charge in [-0.1, -0.05) is 50.0 Å². The molecule has 1 aromatic heterocycles. The van der Waals surface area contributed by atoms with Crippen molar-refractivity contribution in [2.45, 2.75) is 39.3 Å². The lowest BCUT2D eigenvalue weighted by molar-refractivity contribution is 0.240. The first-order chi connectivity index (χ1) is 10.8. The predicted molar refractivity (Wildman–Crippen MR) is 96.4 cm³/mol. The number of hydrogen-bond donors (Lipinski definition) is 2. The second-order valence-corrected chi connectivity index (χ2v) is 7.87. The minimum Gasteiger partial charge on any atom is -0.334 e. The fraction of sp³-hybridized carbons (Fsp3) is 0.375. The summed E-state index contributed by atoms with van der Waals surface area (Å²) in [6.07, 6.45) is 0. The molecule has 0 saturated heterocycles. The molecule has 0 atom stereocenters. The van der Waals surface area contributed by atoms with Gasteiger partial charge in [-0.05, 0) is 17.7 Å². The van der Waals surface area contributed by atoms with Crippen LogP contribution >= 0.6 is 34.5 Å². The summed E-state index contributed by atoms with van der Waals surface area (Å²) in [4.78, 5) is 16.4. The number of carbonyl (C=O) groups is 1. The van der Waals surface area contributed by atoms with Crippen LogP contribution in [-0.2, 0) is 18.5 Å². The molecule has 0 bridgehead atoms. The van der Waals surface area contributed by atoms with Crippen molar-refractivity contribution in [2.75, 3.05) is 0 Å². The third-order valence-electron chi connectivity index (χ3n) is 3.08. The average Bonchev–Trinajstić information content (AvgIpc) is 2.93. The number of urea groups is 1. The monoisotopic (exact) mass is 371 g/mol. The molecule has 0 saturated carbocycles. The lowest BCUT2D eigenvalue weighted by Crippen LogP contribution is -2.34. The van der Waals surface area contributed by atoms with E-state index in [0.29, 0.717) is 23.1 Å². The maximum Gasteiger partial charge on any atom is 0.315 e. The van der Waals surface area contributed by atoms with E-state index >= 15 is 0 Å². The van der Waals surface area contributed by atoms with Crippen LogP contribution in [0.3, 0.4) is 0 Å². The Kier molecular flexibility index (Phi) is 5.89. The van der Waals surface area contributed by atoms with E-state index in [9.17, 15) is 4.79 Å². The Bertz CT molecular complexity index is 695. The number of hydrogen-bond acceptors (Lipinski definition) is 3. The number of amides is 2. The first kappa shape index (κ1) is 18.0. The molecule has 4 nitrogen and oxygen atoms in total. The Labute approximate surface area is 150 Å². The minimum atomic E-state index is -0.263. The van der Waals surface area contributed by atoms with Gasteiger partial charge in [0, 0.05) is 27.4 Å². The van der Waals surface area contributed by atoms with E-state index < -0.39 is 0 Å². The van der Waals surface area contributed by atoms with Gasteiger partial charge >= 0.3 is 6.03 Å². The fourth-order valence-corrected chi connectivity index (χ4v) is 3.19. The van der Waals surface area contributed by atoms with E-state index in [0.717, 1.165) is 16.3 Å². The lowest BCUT2D eigenvalue weighted by Gasteiger charge is -2.13. The van der Waals surface area contributed by atoms with Gasteiger partial charge in [-0.2, -0.15) is 0 Å². The molecular formula is C16H19Cl2N3OS. The molecule has 2 N–H and O–H groups in total. The number of rotatable bonds is 4. The smallest absolute Gasteiger partial charge is 0.315 e. The highest BCUT2D eigenvalue weighted by Gasteiger charge is 2.18. The van der Waals surface area contributed by atoms with E-state index in [-0.39, 0.29) is 11.4 Å². The van der Waals surface area contributed by atoms with Gasteiger partial charge < -0.3 is 10.6 Å². The number of carbonyl (C=O) groups excluding carboxylic acids is 1. The number of benzene rings is 1.